The SMILES string of the molecule is CCS(=O)(=O)CCn1cncc1-c1ccnc(N)c1. The summed E-state index contributed by atoms with van der Waals surface area (Å²) in [5, 5.41) is 0. The molecule has 2 N–H and O–H groups in total. The van der Waals surface area contributed by atoms with Crippen molar-refractivity contribution in [2.24, 2.45) is 0 Å². The third kappa shape index (κ3) is 3.31. The first-order valence-corrected chi connectivity index (χ1v) is 7.76. The van der Waals surface area contributed by atoms with Crippen LogP contribution in [0.4, 0.5) is 5.82 Å². The first-order valence-electron chi connectivity index (χ1n) is 5.94. The average molecular weight is 280 g/mol. The van der Waals surface area contributed by atoms with Crippen molar-refractivity contribution in [1.29, 1.82) is 0 Å². The minimum absolute atomic E-state index is 0.105. The molecule has 7 heteroatoms. The van der Waals surface area contributed by atoms with Crippen molar-refractivity contribution in [2.45, 2.75) is 13.5 Å². The topological polar surface area (TPSA) is 90.9 Å². The molecule has 2 aromatic heterocycles. The fourth-order valence-corrected chi connectivity index (χ4v) is 2.49. The van der Waals surface area contributed by atoms with E-state index in [1.807, 2.05) is 10.6 Å². The zero-order valence-corrected chi connectivity index (χ0v) is 11.5. The quantitative estimate of drug-likeness (QED) is 0.881. The molecule has 0 aliphatic carbocycles. The van der Waals surface area contributed by atoms with Crippen LogP contribution in [0.5, 0.6) is 0 Å². The van der Waals surface area contributed by atoms with Gasteiger partial charge >= 0.3 is 0 Å². The number of sulfone groups is 1. The predicted molar refractivity (Wildman–Crippen MR) is 74.2 cm³/mol. The lowest BCUT2D eigenvalue weighted by atomic mass is 10.2. The molecule has 2 rings (SSSR count). The van der Waals surface area contributed by atoms with Crippen LogP contribution in [0.15, 0.2) is 30.9 Å². The zero-order valence-electron chi connectivity index (χ0n) is 10.7. The van der Waals surface area contributed by atoms with E-state index in [1.54, 1.807) is 31.7 Å². The molecule has 2 heterocycles. The van der Waals surface area contributed by atoms with E-state index < -0.39 is 9.84 Å². The summed E-state index contributed by atoms with van der Waals surface area (Å²) < 4.78 is 24.9. The molecule has 0 bridgehead atoms. The van der Waals surface area contributed by atoms with Crippen molar-refractivity contribution >= 4 is 15.7 Å². The molecule has 0 aliphatic rings. The molecule has 2 aromatic rings. The molecule has 0 radical (unpaired) electrons. The van der Waals surface area contributed by atoms with Crippen LogP contribution in [0.1, 0.15) is 6.92 Å². The first kappa shape index (κ1) is 13.5. The number of pyridine rings is 1. The van der Waals surface area contributed by atoms with Crippen LogP contribution < -0.4 is 5.73 Å². The number of rotatable bonds is 5. The van der Waals surface area contributed by atoms with Gasteiger partial charge < -0.3 is 10.3 Å². The van der Waals surface area contributed by atoms with E-state index in [4.69, 9.17) is 5.73 Å². The number of aromatic nitrogens is 3. The van der Waals surface area contributed by atoms with Gasteiger partial charge in [-0.25, -0.2) is 18.4 Å². The number of aryl methyl sites for hydroxylation is 1. The molecule has 0 saturated carbocycles. The molecule has 19 heavy (non-hydrogen) atoms. The molecule has 0 aliphatic heterocycles. The number of anilines is 1. The number of nitrogens with zero attached hydrogens (tertiary/aromatic N) is 3. The lowest BCUT2D eigenvalue weighted by molar-refractivity contribution is 0.590. The Labute approximate surface area is 112 Å². The van der Waals surface area contributed by atoms with Crippen LogP contribution in [0.25, 0.3) is 11.3 Å². The van der Waals surface area contributed by atoms with Crippen molar-refractivity contribution in [1.82, 2.24) is 14.5 Å². The summed E-state index contributed by atoms with van der Waals surface area (Å²) in [4.78, 5) is 7.99. The molecule has 6 nitrogen and oxygen atoms in total. The summed E-state index contributed by atoms with van der Waals surface area (Å²) in [6.07, 6.45) is 4.93. The smallest absolute Gasteiger partial charge is 0.151 e. The second-order valence-corrected chi connectivity index (χ2v) is 6.65. The molecule has 0 atom stereocenters. The Morgan fingerprint density at radius 1 is 1.42 bits per heavy atom. The molecule has 0 spiro atoms. The second kappa shape index (κ2) is 5.40. The fourth-order valence-electron chi connectivity index (χ4n) is 1.73. The van der Waals surface area contributed by atoms with Crippen molar-refractivity contribution < 1.29 is 8.42 Å². The largest absolute Gasteiger partial charge is 0.384 e. The van der Waals surface area contributed by atoms with Crippen LogP contribution in [0.3, 0.4) is 0 Å². The summed E-state index contributed by atoms with van der Waals surface area (Å²) in [5.74, 6) is 0.679. The highest BCUT2D eigenvalue weighted by Gasteiger charge is 2.10. The van der Waals surface area contributed by atoms with Crippen LogP contribution in [0, 0.1) is 0 Å². The maximum Gasteiger partial charge on any atom is 0.151 e. The highest BCUT2D eigenvalue weighted by Crippen LogP contribution is 2.19. The Morgan fingerprint density at radius 2 is 2.21 bits per heavy atom. The average Bonchev–Trinajstić information content (AvgIpc) is 2.85. The predicted octanol–water partition coefficient (Wildman–Crippen LogP) is 0.962. The first-order chi connectivity index (χ1) is 9.02. The molecule has 0 amide bonds. The van der Waals surface area contributed by atoms with E-state index in [-0.39, 0.29) is 11.5 Å². The minimum Gasteiger partial charge on any atom is -0.384 e. The summed E-state index contributed by atoms with van der Waals surface area (Å²) in [6.45, 7) is 2.03. The third-order valence-corrected chi connectivity index (χ3v) is 4.56. The van der Waals surface area contributed by atoms with Gasteiger partial charge in [-0.15, -0.1) is 0 Å². The lowest BCUT2D eigenvalue weighted by Crippen LogP contribution is -2.14. The Kier molecular flexibility index (Phi) is 3.84. The second-order valence-electron chi connectivity index (χ2n) is 4.18. The lowest BCUT2D eigenvalue weighted by Gasteiger charge is -2.08. The van der Waals surface area contributed by atoms with Crippen molar-refractivity contribution in [3.8, 4) is 11.3 Å². The van der Waals surface area contributed by atoms with Gasteiger partial charge in [-0.05, 0) is 12.1 Å². The summed E-state index contributed by atoms with van der Waals surface area (Å²) in [7, 11) is -2.99. The minimum atomic E-state index is -2.99. The standard InChI is InChI=1S/C12H16N4O2S/c1-2-19(17,18)6-5-16-9-14-8-11(16)10-3-4-15-12(13)7-10/h3-4,7-9H,2,5-6H2,1H3,(H2,13,15). The highest BCUT2D eigenvalue weighted by molar-refractivity contribution is 7.91. The van der Waals surface area contributed by atoms with E-state index in [9.17, 15) is 8.42 Å². The normalized spacial score (nSPS) is 11.6. The summed E-state index contributed by atoms with van der Waals surface area (Å²) in [6, 6.07) is 3.56. The highest BCUT2D eigenvalue weighted by atomic mass is 32.2. The van der Waals surface area contributed by atoms with Crippen molar-refractivity contribution in [3.05, 3.63) is 30.9 Å². The van der Waals surface area contributed by atoms with Gasteiger partial charge in [0.2, 0.25) is 0 Å². The van der Waals surface area contributed by atoms with Gasteiger partial charge in [0.15, 0.2) is 9.84 Å². The number of nitrogen functional groups attached to an aromatic ring is 1. The third-order valence-electron chi connectivity index (χ3n) is 2.87. The van der Waals surface area contributed by atoms with Gasteiger partial charge in [0, 0.05) is 24.1 Å². The molecule has 0 unspecified atom stereocenters. The van der Waals surface area contributed by atoms with E-state index in [2.05, 4.69) is 9.97 Å². The van der Waals surface area contributed by atoms with Crippen LogP contribution in [0.2, 0.25) is 0 Å². The monoisotopic (exact) mass is 280 g/mol. The number of imidazole rings is 1. The Morgan fingerprint density at radius 3 is 2.89 bits per heavy atom. The number of hydrogen-bond acceptors (Lipinski definition) is 5. The summed E-state index contributed by atoms with van der Waals surface area (Å²) >= 11 is 0. The Bertz CT molecular complexity index is 664. The number of nitrogens with two attached hydrogens (primary N) is 1. The Balaban J connectivity index is 2.23. The Hall–Kier alpha value is -1.89. The molecular weight excluding hydrogens is 264 g/mol. The van der Waals surface area contributed by atoms with Crippen LogP contribution in [-0.4, -0.2) is 34.5 Å². The van der Waals surface area contributed by atoms with Gasteiger partial charge in [-0.3, -0.25) is 0 Å². The molecule has 0 aromatic carbocycles. The zero-order chi connectivity index (χ0) is 13.9. The molecule has 0 saturated heterocycles. The van der Waals surface area contributed by atoms with Gasteiger partial charge in [0.25, 0.3) is 0 Å². The van der Waals surface area contributed by atoms with E-state index >= 15 is 0 Å². The van der Waals surface area contributed by atoms with Crippen molar-refractivity contribution in [2.75, 3.05) is 17.2 Å². The van der Waals surface area contributed by atoms with Gasteiger partial charge in [-0.1, -0.05) is 6.92 Å². The fraction of sp³-hybridized carbons (Fsp3) is 0.333. The van der Waals surface area contributed by atoms with E-state index in [0.717, 1.165) is 11.3 Å². The summed E-state index contributed by atoms with van der Waals surface area (Å²) in [5.41, 5.74) is 7.35. The molecule has 0 fully saturated rings. The maximum absolute atomic E-state index is 11.5. The van der Waals surface area contributed by atoms with Gasteiger partial charge in [0.05, 0.1) is 24.0 Å². The van der Waals surface area contributed by atoms with E-state index in [0.29, 0.717) is 12.4 Å². The van der Waals surface area contributed by atoms with Crippen LogP contribution >= 0.6 is 0 Å². The van der Waals surface area contributed by atoms with Crippen LogP contribution in [-0.2, 0) is 16.4 Å². The van der Waals surface area contributed by atoms with E-state index in [1.165, 1.54) is 0 Å². The van der Waals surface area contributed by atoms with Gasteiger partial charge in [-0.2, -0.15) is 0 Å². The molecular formula is C12H16N4O2S. The number of hydrogen-bond donors (Lipinski definition) is 1. The van der Waals surface area contributed by atoms with Crippen molar-refractivity contribution in [3.63, 3.8) is 0 Å². The molecule has 102 valence electrons. The van der Waals surface area contributed by atoms with Gasteiger partial charge in [0.1, 0.15) is 5.82 Å². The maximum atomic E-state index is 11.5.